The van der Waals surface area contributed by atoms with Crippen LogP contribution in [-0.4, -0.2) is 30.4 Å². The SMILES string of the molecule is CC(C)(C)NCC(O)c1ccc2c(c1)OCCO2. The van der Waals surface area contributed by atoms with E-state index in [1.807, 2.05) is 18.2 Å². The second-order valence-corrected chi connectivity index (χ2v) is 5.55. The molecule has 4 nitrogen and oxygen atoms in total. The lowest BCUT2D eigenvalue weighted by Gasteiger charge is -2.24. The minimum Gasteiger partial charge on any atom is -0.486 e. The first-order valence-corrected chi connectivity index (χ1v) is 6.28. The molecule has 0 aliphatic carbocycles. The highest BCUT2D eigenvalue weighted by atomic mass is 16.6. The Bertz CT molecular complexity index is 412. The summed E-state index contributed by atoms with van der Waals surface area (Å²) in [6.45, 7) is 7.88. The normalized spacial score (nSPS) is 16.4. The molecule has 4 heteroatoms. The lowest BCUT2D eigenvalue weighted by atomic mass is 10.1. The summed E-state index contributed by atoms with van der Waals surface area (Å²) in [6.07, 6.45) is -0.542. The van der Waals surface area contributed by atoms with Crippen LogP contribution >= 0.6 is 0 Å². The predicted octanol–water partition coefficient (Wildman–Crippen LogP) is 1.88. The summed E-state index contributed by atoms with van der Waals surface area (Å²) >= 11 is 0. The third-order valence-electron chi connectivity index (χ3n) is 2.78. The molecule has 1 aromatic rings. The topological polar surface area (TPSA) is 50.7 Å². The Labute approximate surface area is 108 Å². The Kier molecular flexibility index (Phi) is 3.78. The molecule has 0 bridgehead atoms. The van der Waals surface area contributed by atoms with Gasteiger partial charge in [-0.15, -0.1) is 0 Å². The maximum atomic E-state index is 10.1. The molecule has 1 aliphatic heterocycles. The first-order valence-electron chi connectivity index (χ1n) is 6.28. The molecule has 1 aromatic carbocycles. The van der Waals surface area contributed by atoms with Crippen LogP contribution in [-0.2, 0) is 0 Å². The van der Waals surface area contributed by atoms with Gasteiger partial charge >= 0.3 is 0 Å². The number of fused-ring (bicyclic) bond motifs is 1. The van der Waals surface area contributed by atoms with Crippen LogP contribution < -0.4 is 14.8 Å². The third-order valence-corrected chi connectivity index (χ3v) is 2.78. The van der Waals surface area contributed by atoms with Gasteiger partial charge in [0.05, 0.1) is 6.10 Å². The van der Waals surface area contributed by atoms with E-state index in [0.29, 0.717) is 25.5 Å². The van der Waals surface area contributed by atoms with Gasteiger partial charge in [-0.2, -0.15) is 0 Å². The summed E-state index contributed by atoms with van der Waals surface area (Å²) in [7, 11) is 0. The van der Waals surface area contributed by atoms with Crippen molar-refractivity contribution >= 4 is 0 Å². The van der Waals surface area contributed by atoms with Crippen LogP contribution in [0.15, 0.2) is 18.2 Å². The van der Waals surface area contributed by atoms with Gasteiger partial charge in [-0.3, -0.25) is 0 Å². The average molecular weight is 251 g/mol. The van der Waals surface area contributed by atoms with Crippen molar-refractivity contribution in [3.05, 3.63) is 23.8 Å². The van der Waals surface area contributed by atoms with Crippen LogP contribution in [0.3, 0.4) is 0 Å². The fourth-order valence-corrected chi connectivity index (χ4v) is 1.79. The van der Waals surface area contributed by atoms with Crippen molar-refractivity contribution < 1.29 is 14.6 Å². The highest BCUT2D eigenvalue weighted by Crippen LogP contribution is 2.32. The second-order valence-electron chi connectivity index (χ2n) is 5.55. The number of hydrogen-bond donors (Lipinski definition) is 2. The number of β-amino-alcohol motifs (C(OH)–C–C–N with tert-alkyl or cyclic N) is 1. The van der Waals surface area contributed by atoms with Gasteiger partial charge in [-0.25, -0.2) is 0 Å². The van der Waals surface area contributed by atoms with E-state index >= 15 is 0 Å². The van der Waals surface area contributed by atoms with Crippen molar-refractivity contribution in [2.75, 3.05) is 19.8 Å². The molecule has 1 aliphatic rings. The number of nitrogens with one attached hydrogen (secondary N) is 1. The Morgan fingerprint density at radius 1 is 1.22 bits per heavy atom. The molecule has 1 unspecified atom stereocenters. The standard InChI is InChI=1S/C14H21NO3/c1-14(2,3)15-9-11(16)10-4-5-12-13(8-10)18-7-6-17-12/h4-5,8,11,15-16H,6-7,9H2,1-3H3. The molecule has 100 valence electrons. The van der Waals surface area contributed by atoms with Crippen molar-refractivity contribution in [1.29, 1.82) is 0 Å². The lowest BCUT2D eigenvalue weighted by molar-refractivity contribution is 0.157. The second kappa shape index (κ2) is 5.16. The molecule has 0 saturated carbocycles. The zero-order valence-corrected chi connectivity index (χ0v) is 11.2. The van der Waals surface area contributed by atoms with E-state index in [1.165, 1.54) is 0 Å². The summed E-state index contributed by atoms with van der Waals surface area (Å²) in [5, 5.41) is 13.4. The molecule has 1 atom stereocenters. The van der Waals surface area contributed by atoms with E-state index in [1.54, 1.807) is 0 Å². The largest absolute Gasteiger partial charge is 0.486 e. The fraction of sp³-hybridized carbons (Fsp3) is 0.571. The maximum Gasteiger partial charge on any atom is 0.161 e. The van der Waals surface area contributed by atoms with Gasteiger partial charge in [-0.05, 0) is 38.5 Å². The minimum absolute atomic E-state index is 0.00516. The average Bonchev–Trinajstić information content (AvgIpc) is 2.34. The Balaban J connectivity index is 2.04. The molecule has 0 aromatic heterocycles. The summed E-state index contributed by atoms with van der Waals surface area (Å²) < 4.78 is 11.0. The van der Waals surface area contributed by atoms with Crippen molar-refractivity contribution in [3.8, 4) is 11.5 Å². The monoisotopic (exact) mass is 251 g/mol. The van der Waals surface area contributed by atoms with E-state index < -0.39 is 6.10 Å². The van der Waals surface area contributed by atoms with E-state index in [4.69, 9.17) is 9.47 Å². The van der Waals surface area contributed by atoms with Crippen LogP contribution in [0.2, 0.25) is 0 Å². The van der Waals surface area contributed by atoms with Crippen LogP contribution in [0.25, 0.3) is 0 Å². The number of benzene rings is 1. The predicted molar refractivity (Wildman–Crippen MR) is 70.1 cm³/mol. The van der Waals surface area contributed by atoms with Crippen molar-refractivity contribution in [2.24, 2.45) is 0 Å². The maximum absolute atomic E-state index is 10.1. The lowest BCUT2D eigenvalue weighted by Crippen LogP contribution is -2.38. The molecule has 1 heterocycles. The molecule has 2 rings (SSSR count). The van der Waals surface area contributed by atoms with E-state index in [9.17, 15) is 5.11 Å². The van der Waals surface area contributed by atoms with Gasteiger partial charge in [0.15, 0.2) is 11.5 Å². The smallest absolute Gasteiger partial charge is 0.161 e. The number of aliphatic hydroxyl groups excluding tert-OH is 1. The number of ether oxygens (including phenoxy) is 2. The molecule has 18 heavy (non-hydrogen) atoms. The van der Waals surface area contributed by atoms with Crippen molar-refractivity contribution in [2.45, 2.75) is 32.4 Å². The van der Waals surface area contributed by atoms with E-state index in [-0.39, 0.29) is 5.54 Å². The minimum atomic E-state index is -0.542. The van der Waals surface area contributed by atoms with Crippen LogP contribution in [0.1, 0.15) is 32.4 Å². The molecule has 2 N–H and O–H groups in total. The van der Waals surface area contributed by atoms with Gasteiger partial charge in [-0.1, -0.05) is 6.07 Å². The van der Waals surface area contributed by atoms with Crippen LogP contribution in [0.5, 0.6) is 11.5 Å². The van der Waals surface area contributed by atoms with Crippen LogP contribution in [0.4, 0.5) is 0 Å². The Morgan fingerprint density at radius 3 is 2.56 bits per heavy atom. The van der Waals surface area contributed by atoms with Gasteiger partial charge < -0.3 is 19.9 Å². The molecule has 0 fully saturated rings. The zero-order valence-electron chi connectivity index (χ0n) is 11.2. The summed E-state index contributed by atoms with van der Waals surface area (Å²) in [4.78, 5) is 0. The quantitative estimate of drug-likeness (QED) is 0.861. The first-order chi connectivity index (χ1) is 8.46. The molecular weight excluding hydrogens is 230 g/mol. The van der Waals surface area contributed by atoms with Crippen LogP contribution in [0, 0.1) is 0 Å². The summed E-state index contributed by atoms with van der Waals surface area (Å²) in [6, 6.07) is 5.58. The zero-order chi connectivity index (χ0) is 13.2. The van der Waals surface area contributed by atoms with Gasteiger partial charge in [0.2, 0.25) is 0 Å². The van der Waals surface area contributed by atoms with Gasteiger partial charge in [0.1, 0.15) is 13.2 Å². The molecule has 0 radical (unpaired) electrons. The highest BCUT2D eigenvalue weighted by molar-refractivity contribution is 5.44. The number of hydrogen-bond acceptors (Lipinski definition) is 4. The van der Waals surface area contributed by atoms with Gasteiger partial charge in [0, 0.05) is 12.1 Å². The Morgan fingerprint density at radius 2 is 1.89 bits per heavy atom. The van der Waals surface area contributed by atoms with E-state index in [2.05, 4.69) is 26.1 Å². The number of rotatable bonds is 3. The highest BCUT2D eigenvalue weighted by Gasteiger charge is 2.17. The fourth-order valence-electron chi connectivity index (χ4n) is 1.79. The molecule has 0 saturated heterocycles. The molecular formula is C14H21NO3. The third kappa shape index (κ3) is 3.37. The van der Waals surface area contributed by atoms with Gasteiger partial charge in [0.25, 0.3) is 0 Å². The number of aliphatic hydroxyl groups is 1. The molecule has 0 spiro atoms. The van der Waals surface area contributed by atoms with Crippen molar-refractivity contribution in [3.63, 3.8) is 0 Å². The summed E-state index contributed by atoms with van der Waals surface area (Å²) in [5.41, 5.74) is 0.838. The van der Waals surface area contributed by atoms with E-state index in [0.717, 1.165) is 11.3 Å². The first kappa shape index (κ1) is 13.2. The Hall–Kier alpha value is -1.26. The molecule has 0 amide bonds. The summed E-state index contributed by atoms with van der Waals surface area (Å²) in [5.74, 6) is 1.47. The van der Waals surface area contributed by atoms with Crippen molar-refractivity contribution in [1.82, 2.24) is 5.32 Å².